The highest BCUT2D eigenvalue weighted by Crippen LogP contribution is 2.49. The number of para-hydroxylation sites is 1. The molecule has 0 bridgehead atoms. The van der Waals surface area contributed by atoms with Crippen molar-refractivity contribution in [3.05, 3.63) is 57.1 Å². The first-order valence-corrected chi connectivity index (χ1v) is 9.58. The number of hydrogen-bond acceptors (Lipinski definition) is 6. The molecule has 13 heteroatoms. The zero-order valence-corrected chi connectivity index (χ0v) is 17.0. The third-order valence-corrected chi connectivity index (χ3v) is 5.22. The number of rotatable bonds is 5. The third-order valence-electron chi connectivity index (χ3n) is 4.91. The summed E-state index contributed by atoms with van der Waals surface area (Å²) in [5.74, 6) is -0.782. The van der Waals surface area contributed by atoms with Gasteiger partial charge in [-0.15, -0.1) is 0 Å². The third kappa shape index (κ3) is 4.65. The summed E-state index contributed by atoms with van der Waals surface area (Å²) in [7, 11) is 0. The molecule has 2 aromatic rings. The number of piperazine rings is 1. The molecule has 3 rings (SSSR count). The lowest BCUT2D eigenvalue weighted by Gasteiger charge is -2.40. The van der Waals surface area contributed by atoms with Gasteiger partial charge in [0.25, 0.3) is 5.69 Å². The molecule has 1 amide bonds. The molecule has 2 aromatic carbocycles. The van der Waals surface area contributed by atoms with Crippen molar-refractivity contribution in [2.45, 2.75) is 12.2 Å². The Morgan fingerprint density at radius 2 is 1.91 bits per heavy atom. The van der Waals surface area contributed by atoms with Crippen molar-refractivity contribution in [3.8, 4) is 11.5 Å². The van der Waals surface area contributed by atoms with Crippen molar-refractivity contribution in [1.82, 2.24) is 4.90 Å². The van der Waals surface area contributed by atoms with Gasteiger partial charge in [-0.25, -0.2) is 4.79 Å². The summed E-state index contributed by atoms with van der Waals surface area (Å²) in [6.45, 7) is -1.58. The number of alkyl halides is 3. The van der Waals surface area contributed by atoms with Gasteiger partial charge in [0, 0.05) is 25.7 Å². The monoisotopic (exact) mass is 475 g/mol. The maximum atomic E-state index is 14.2. The molecule has 172 valence electrons. The summed E-state index contributed by atoms with van der Waals surface area (Å²) in [6, 6.07) is 6.45. The van der Waals surface area contributed by atoms with Crippen LogP contribution in [0.5, 0.6) is 11.5 Å². The molecule has 1 heterocycles. The Bertz CT molecular complexity index is 1040. The predicted molar refractivity (Wildman–Crippen MR) is 107 cm³/mol. The van der Waals surface area contributed by atoms with Gasteiger partial charge in [0.15, 0.2) is 0 Å². The van der Waals surface area contributed by atoms with Gasteiger partial charge in [-0.05, 0) is 18.2 Å². The second-order valence-electron chi connectivity index (χ2n) is 6.85. The first-order chi connectivity index (χ1) is 15.0. The van der Waals surface area contributed by atoms with Crippen LogP contribution in [-0.4, -0.2) is 58.4 Å². The first kappa shape index (κ1) is 23.4. The van der Waals surface area contributed by atoms with E-state index in [2.05, 4.69) is 0 Å². The van der Waals surface area contributed by atoms with Crippen molar-refractivity contribution in [2.75, 3.05) is 31.1 Å². The van der Waals surface area contributed by atoms with Crippen molar-refractivity contribution in [2.24, 2.45) is 0 Å². The Morgan fingerprint density at radius 3 is 2.47 bits per heavy atom. The molecule has 0 unspecified atom stereocenters. The van der Waals surface area contributed by atoms with E-state index >= 15 is 0 Å². The van der Waals surface area contributed by atoms with Crippen LogP contribution in [-0.2, 0) is 6.18 Å². The Kier molecular flexibility index (Phi) is 6.65. The molecule has 1 fully saturated rings. The molecular weight excluding hydrogens is 459 g/mol. The number of nitrogens with zero attached hydrogens (tertiary/aromatic N) is 3. The van der Waals surface area contributed by atoms with Gasteiger partial charge in [-0.1, -0.05) is 23.7 Å². The average Bonchev–Trinajstić information content (AvgIpc) is 2.73. The molecule has 0 radical (unpaired) electrons. The number of ether oxygens (including phenoxy) is 1. The maximum absolute atomic E-state index is 14.2. The van der Waals surface area contributed by atoms with E-state index in [1.165, 1.54) is 18.2 Å². The molecule has 1 saturated heterocycles. The Hall–Kier alpha value is -3.25. The number of aliphatic hydroxyl groups is 1. The fraction of sp³-hybridized carbons (Fsp3) is 0.316. The van der Waals surface area contributed by atoms with Crippen molar-refractivity contribution >= 4 is 29.1 Å². The minimum atomic E-state index is -5.06. The standard InChI is InChI=1S/C19H17ClF3N3O6/c20-12-3-1-2-4-14(12)32-15-6-5-13(26(30)31)17(16(15)19(21,22)23)24-7-8-25(18(28)29)11(9-24)10-27/h1-6,11,27H,7-10H2,(H,28,29)/t11-/m1/s1. The van der Waals surface area contributed by atoms with Gasteiger partial charge >= 0.3 is 12.3 Å². The molecule has 0 spiro atoms. The molecule has 1 aliphatic heterocycles. The maximum Gasteiger partial charge on any atom is 0.422 e. The van der Waals surface area contributed by atoms with Crippen LogP contribution in [0.25, 0.3) is 0 Å². The molecule has 0 aliphatic carbocycles. The highest BCUT2D eigenvalue weighted by Gasteiger charge is 2.44. The number of benzene rings is 2. The number of aliphatic hydroxyl groups excluding tert-OH is 1. The van der Waals surface area contributed by atoms with E-state index < -0.39 is 52.5 Å². The molecule has 0 saturated carbocycles. The van der Waals surface area contributed by atoms with E-state index in [0.29, 0.717) is 0 Å². The fourth-order valence-electron chi connectivity index (χ4n) is 3.50. The van der Waals surface area contributed by atoms with Gasteiger partial charge in [0.1, 0.15) is 22.7 Å². The van der Waals surface area contributed by atoms with Crippen molar-refractivity contribution in [1.29, 1.82) is 0 Å². The number of nitro benzene ring substituents is 1. The van der Waals surface area contributed by atoms with Crippen LogP contribution >= 0.6 is 11.6 Å². The van der Waals surface area contributed by atoms with Crippen LogP contribution in [0.4, 0.5) is 29.3 Å². The summed E-state index contributed by atoms with van der Waals surface area (Å²) in [4.78, 5) is 23.9. The lowest BCUT2D eigenvalue weighted by atomic mass is 10.0. The number of carboxylic acid groups (broad SMARTS) is 1. The Labute approximate surface area is 184 Å². The van der Waals surface area contributed by atoms with Crippen LogP contribution in [0.1, 0.15) is 5.56 Å². The predicted octanol–water partition coefficient (Wildman–Crippen LogP) is 4.22. The summed E-state index contributed by atoms with van der Waals surface area (Å²) in [5, 5.41) is 30.4. The number of carbonyl (C=O) groups is 1. The zero-order valence-electron chi connectivity index (χ0n) is 16.3. The zero-order chi connectivity index (χ0) is 23.6. The van der Waals surface area contributed by atoms with E-state index in [1.807, 2.05) is 0 Å². The summed E-state index contributed by atoms with van der Waals surface area (Å²) in [5.41, 5.74) is -2.99. The quantitative estimate of drug-likeness (QED) is 0.491. The fourth-order valence-corrected chi connectivity index (χ4v) is 3.67. The van der Waals surface area contributed by atoms with Crippen LogP contribution in [0, 0.1) is 10.1 Å². The van der Waals surface area contributed by atoms with Crippen LogP contribution in [0.3, 0.4) is 0 Å². The van der Waals surface area contributed by atoms with Gasteiger partial charge in [-0.2, -0.15) is 13.2 Å². The molecule has 0 aromatic heterocycles. The second-order valence-corrected chi connectivity index (χ2v) is 7.26. The minimum absolute atomic E-state index is 0.0379. The Morgan fingerprint density at radius 1 is 1.22 bits per heavy atom. The molecule has 2 N–H and O–H groups in total. The minimum Gasteiger partial charge on any atom is -0.465 e. The number of nitro groups is 1. The van der Waals surface area contributed by atoms with Gasteiger partial charge < -0.3 is 19.8 Å². The molecule has 32 heavy (non-hydrogen) atoms. The van der Waals surface area contributed by atoms with Crippen LogP contribution < -0.4 is 9.64 Å². The number of halogens is 4. The topological polar surface area (TPSA) is 116 Å². The van der Waals surface area contributed by atoms with E-state index in [4.69, 9.17) is 16.3 Å². The first-order valence-electron chi connectivity index (χ1n) is 9.21. The van der Waals surface area contributed by atoms with E-state index in [1.54, 1.807) is 6.07 Å². The van der Waals surface area contributed by atoms with Gasteiger partial charge in [-0.3, -0.25) is 15.0 Å². The normalized spacial score (nSPS) is 16.7. The van der Waals surface area contributed by atoms with Gasteiger partial charge in [0.2, 0.25) is 0 Å². The van der Waals surface area contributed by atoms with Gasteiger partial charge in [0.05, 0.1) is 22.6 Å². The lowest BCUT2D eigenvalue weighted by molar-refractivity contribution is -0.384. The van der Waals surface area contributed by atoms with E-state index in [9.17, 15) is 38.3 Å². The highest BCUT2D eigenvalue weighted by atomic mass is 35.5. The number of hydrogen-bond donors (Lipinski definition) is 2. The lowest BCUT2D eigenvalue weighted by Crippen LogP contribution is -2.56. The van der Waals surface area contributed by atoms with Crippen LogP contribution in [0.15, 0.2) is 36.4 Å². The highest BCUT2D eigenvalue weighted by molar-refractivity contribution is 6.32. The molecule has 1 aliphatic rings. The summed E-state index contributed by atoms with van der Waals surface area (Å²) >= 11 is 5.98. The molecule has 1 atom stereocenters. The molecule has 9 nitrogen and oxygen atoms in total. The average molecular weight is 476 g/mol. The number of anilines is 1. The largest absolute Gasteiger partial charge is 0.465 e. The summed E-state index contributed by atoms with van der Waals surface area (Å²) in [6.07, 6.45) is -6.42. The number of amides is 1. The summed E-state index contributed by atoms with van der Waals surface area (Å²) < 4.78 is 47.9. The van der Waals surface area contributed by atoms with E-state index in [-0.39, 0.29) is 30.4 Å². The molecular formula is C19H17ClF3N3O6. The van der Waals surface area contributed by atoms with Crippen molar-refractivity contribution in [3.63, 3.8) is 0 Å². The SMILES string of the molecule is O=C(O)N1CCN(c2c([N+](=O)[O-])ccc(Oc3ccccc3Cl)c2C(F)(F)F)C[C@@H]1CO. The Balaban J connectivity index is 2.16. The van der Waals surface area contributed by atoms with E-state index in [0.717, 1.165) is 21.9 Å². The van der Waals surface area contributed by atoms with Crippen molar-refractivity contribution < 1.29 is 37.8 Å². The second kappa shape index (κ2) is 9.09. The smallest absolute Gasteiger partial charge is 0.422 e. The van der Waals surface area contributed by atoms with Crippen LogP contribution in [0.2, 0.25) is 5.02 Å².